The summed E-state index contributed by atoms with van der Waals surface area (Å²) in [5, 5.41) is 12.7. The fraction of sp³-hybridized carbons (Fsp3) is 0.489. The minimum Gasteiger partial charge on any atom is -0.348 e. The van der Waals surface area contributed by atoms with Gasteiger partial charge >= 0.3 is 0 Å². The Hall–Kier alpha value is -6.41. The third-order valence-corrected chi connectivity index (χ3v) is 13.3. The number of hydrogen-bond donors (Lipinski definition) is 6. The first-order chi connectivity index (χ1) is 31.9. The van der Waals surface area contributed by atoms with E-state index >= 15 is 0 Å². The van der Waals surface area contributed by atoms with Crippen molar-refractivity contribution in [3.05, 3.63) is 90.0 Å². The van der Waals surface area contributed by atoms with Crippen LogP contribution in [0.4, 0.5) is 0 Å². The maximum atomic E-state index is 15.0. The summed E-state index contributed by atoms with van der Waals surface area (Å²) in [5.74, 6) is -8.80. The Morgan fingerprint density at radius 3 is 2.13 bits per heavy atom. The van der Waals surface area contributed by atoms with Crippen molar-refractivity contribution in [1.29, 1.82) is 0 Å². The number of nitrogens with two attached hydrogens (primary N) is 1. The van der Waals surface area contributed by atoms with Crippen LogP contribution in [0.3, 0.4) is 0 Å². The molecule has 19 nitrogen and oxygen atoms in total. The van der Waals surface area contributed by atoms with Crippen LogP contribution >= 0.6 is 0 Å². The molecule has 362 valence electrons. The number of Topliss-reactive ketones (excluding diaryl/α,β-unsaturated/α-hetero) is 1. The van der Waals surface area contributed by atoms with Gasteiger partial charge in [-0.2, -0.15) is 0 Å². The molecule has 5 atom stereocenters. The van der Waals surface area contributed by atoms with Gasteiger partial charge in [0.2, 0.25) is 23.5 Å². The molecule has 1 aromatic heterocycles. The van der Waals surface area contributed by atoms with E-state index in [0.29, 0.717) is 19.3 Å². The largest absolute Gasteiger partial charge is 0.348 e. The van der Waals surface area contributed by atoms with Crippen LogP contribution < -0.4 is 32.3 Å². The molecule has 20 heteroatoms. The molecule has 3 aromatic rings. The summed E-state index contributed by atoms with van der Waals surface area (Å²) in [4.78, 5) is 116. The Kier molecular flexibility index (Phi) is 20.2. The van der Waals surface area contributed by atoms with Gasteiger partial charge < -0.3 is 27.0 Å². The van der Waals surface area contributed by atoms with E-state index < -0.39 is 98.7 Å². The van der Waals surface area contributed by atoms with Crippen molar-refractivity contribution in [2.75, 3.05) is 6.54 Å². The first kappa shape index (κ1) is 53.2. The maximum absolute atomic E-state index is 15.0. The second kappa shape index (κ2) is 25.5. The zero-order chi connectivity index (χ0) is 49.3. The molecular weight excluding hydrogens is 883 g/mol. The van der Waals surface area contributed by atoms with Crippen molar-refractivity contribution in [2.24, 2.45) is 23.5 Å². The molecule has 0 unspecified atom stereocenters. The van der Waals surface area contributed by atoms with Crippen LogP contribution in [0.2, 0.25) is 0 Å². The topological polar surface area (TPSA) is 286 Å². The minimum absolute atomic E-state index is 0.0314. The molecule has 0 aliphatic heterocycles. The molecular formula is C47H63N9O10S. The lowest BCUT2D eigenvalue weighted by Gasteiger charge is -2.32. The standard InChI is InChI=1S/C47H63N9O10S/c1-6-30(5)40(55-43(60)36(23-29(3)4)52-44(61)38-27-49-21-22-50-38)45(62)53-37(24-31-15-10-8-11-16-31)47(64)56(28-39(57)54-46(63)41(58)35(48)7-2)67(65,66)34-20-14-19-33(25-34)42(59)51-26-32-17-12-9-13-18-32/h9,12-14,17-22,25,27,29-31,35-37,40H,6-8,10-11,15-16,23-24,26,28,48H2,1-5H3,(H,51,59)(H,52,61)(H,53,62)(H,55,60)(H,54,57,63)/t30-,35-,36-,37-,40-/m0/s1. The number of amides is 7. The number of hydrogen-bond acceptors (Lipinski definition) is 13. The number of nitrogens with one attached hydrogen (secondary N) is 5. The van der Waals surface area contributed by atoms with Crippen molar-refractivity contribution in [3.63, 3.8) is 0 Å². The molecule has 1 aliphatic carbocycles. The van der Waals surface area contributed by atoms with Crippen LogP contribution in [0.1, 0.15) is 119 Å². The van der Waals surface area contributed by atoms with Gasteiger partial charge in [-0.1, -0.05) is 110 Å². The van der Waals surface area contributed by atoms with Crippen LogP contribution in [-0.4, -0.2) is 101 Å². The summed E-state index contributed by atoms with van der Waals surface area (Å²) in [7, 11) is -5.08. The highest BCUT2D eigenvalue weighted by molar-refractivity contribution is 7.89. The summed E-state index contributed by atoms with van der Waals surface area (Å²) in [5.41, 5.74) is 6.37. The van der Waals surface area contributed by atoms with Gasteiger partial charge in [0.05, 0.1) is 17.1 Å². The van der Waals surface area contributed by atoms with Gasteiger partial charge in [-0.3, -0.25) is 48.7 Å². The number of imide groups is 1. The molecule has 7 amide bonds. The van der Waals surface area contributed by atoms with E-state index in [4.69, 9.17) is 5.73 Å². The Bertz CT molecular complexity index is 2330. The number of ketones is 1. The van der Waals surface area contributed by atoms with Gasteiger partial charge in [0.15, 0.2) is 0 Å². The molecule has 0 bridgehead atoms. The fourth-order valence-electron chi connectivity index (χ4n) is 7.52. The number of carbonyl (C=O) groups excluding carboxylic acids is 8. The summed E-state index contributed by atoms with van der Waals surface area (Å²) < 4.78 is 29.6. The van der Waals surface area contributed by atoms with Gasteiger partial charge in [0, 0.05) is 24.5 Å². The van der Waals surface area contributed by atoms with Crippen LogP contribution in [0.25, 0.3) is 0 Å². The third-order valence-electron chi connectivity index (χ3n) is 11.6. The Morgan fingerprint density at radius 2 is 1.51 bits per heavy atom. The van der Waals surface area contributed by atoms with Gasteiger partial charge in [0.25, 0.3) is 33.7 Å². The van der Waals surface area contributed by atoms with Crippen LogP contribution in [-0.2, 0) is 45.3 Å². The Labute approximate surface area is 391 Å². The van der Waals surface area contributed by atoms with Crippen LogP contribution in [0.15, 0.2) is 78.1 Å². The van der Waals surface area contributed by atoms with E-state index in [2.05, 4.69) is 31.2 Å². The van der Waals surface area contributed by atoms with Crippen molar-refractivity contribution >= 4 is 57.2 Å². The smallest absolute Gasteiger partial charge is 0.295 e. The van der Waals surface area contributed by atoms with Crippen molar-refractivity contribution in [1.82, 2.24) is 40.9 Å². The summed E-state index contributed by atoms with van der Waals surface area (Å²) in [6.07, 6.45) is 8.34. The lowest BCUT2D eigenvalue weighted by molar-refractivity contribution is -0.142. The predicted molar refractivity (Wildman–Crippen MR) is 247 cm³/mol. The fourth-order valence-corrected chi connectivity index (χ4v) is 8.95. The van der Waals surface area contributed by atoms with Gasteiger partial charge in [-0.15, -0.1) is 0 Å². The highest BCUT2D eigenvalue weighted by Crippen LogP contribution is 2.29. The number of aromatic nitrogens is 2. The lowest BCUT2D eigenvalue weighted by atomic mass is 9.84. The van der Waals surface area contributed by atoms with Crippen LogP contribution in [0.5, 0.6) is 0 Å². The number of nitrogens with zero attached hydrogens (tertiary/aromatic N) is 3. The molecule has 1 saturated carbocycles. The van der Waals surface area contributed by atoms with Gasteiger partial charge in [-0.05, 0) is 60.8 Å². The molecule has 0 saturated heterocycles. The highest BCUT2D eigenvalue weighted by atomic mass is 32.2. The van der Waals surface area contributed by atoms with Crippen LogP contribution in [0, 0.1) is 17.8 Å². The van der Waals surface area contributed by atoms with Gasteiger partial charge in [-0.25, -0.2) is 17.7 Å². The van der Waals surface area contributed by atoms with Crippen molar-refractivity contribution in [2.45, 2.75) is 128 Å². The number of carbonyl (C=O) groups is 8. The molecule has 1 fully saturated rings. The molecule has 4 rings (SSSR count). The van der Waals surface area contributed by atoms with E-state index in [0.717, 1.165) is 37.0 Å². The van der Waals surface area contributed by atoms with Crippen molar-refractivity contribution < 1.29 is 46.8 Å². The molecule has 67 heavy (non-hydrogen) atoms. The summed E-state index contributed by atoms with van der Waals surface area (Å²) >= 11 is 0. The summed E-state index contributed by atoms with van der Waals surface area (Å²) in [6, 6.07) is 8.49. The first-order valence-corrected chi connectivity index (χ1v) is 24.1. The Morgan fingerprint density at radius 1 is 0.806 bits per heavy atom. The SMILES string of the molecule is CC[C@H](N)C(=O)C(=O)NC(=O)CN(C(=O)[C@H](CC1CCCCC1)NC(=O)[C@@H](NC(=O)[C@H](CC(C)C)NC(=O)c1cnccn1)[C@@H](C)CC)S(=O)(=O)c1cccc(C(=O)NCc2ccccc2)c1. The molecule has 1 heterocycles. The van der Waals surface area contributed by atoms with Crippen molar-refractivity contribution in [3.8, 4) is 0 Å². The second-order valence-corrected chi connectivity index (χ2v) is 19.1. The normalized spacial score (nSPS) is 15.1. The zero-order valence-corrected chi connectivity index (χ0v) is 39.5. The average molecular weight is 946 g/mol. The van der Waals surface area contributed by atoms with Gasteiger partial charge in [0.1, 0.15) is 30.4 Å². The molecule has 2 aromatic carbocycles. The van der Waals surface area contributed by atoms with E-state index in [9.17, 15) is 46.8 Å². The average Bonchev–Trinajstić information content (AvgIpc) is 3.33. The van der Waals surface area contributed by atoms with E-state index in [1.807, 2.05) is 25.2 Å². The summed E-state index contributed by atoms with van der Waals surface area (Å²) in [6.45, 7) is 7.53. The number of rotatable bonds is 23. The second-order valence-electron chi connectivity index (χ2n) is 17.2. The quantitative estimate of drug-likeness (QED) is 0.0747. The highest BCUT2D eigenvalue weighted by Gasteiger charge is 2.40. The molecule has 0 spiro atoms. The maximum Gasteiger partial charge on any atom is 0.295 e. The zero-order valence-electron chi connectivity index (χ0n) is 38.7. The Balaban J connectivity index is 1.72. The number of benzene rings is 2. The molecule has 1 aliphatic rings. The number of sulfonamides is 1. The van der Waals surface area contributed by atoms with E-state index in [1.54, 1.807) is 45.0 Å². The minimum atomic E-state index is -5.08. The molecule has 7 N–H and O–H groups in total. The van der Waals surface area contributed by atoms with E-state index in [-0.39, 0.29) is 53.2 Å². The lowest BCUT2D eigenvalue weighted by Crippen LogP contribution is -2.60. The third kappa shape index (κ3) is 15.6. The molecule has 0 radical (unpaired) electrons. The monoisotopic (exact) mass is 945 g/mol. The van der Waals surface area contributed by atoms with E-state index in [1.165, 1.54) is 30.7 Å². The predicted octanol–water partition coefficient (Wildman–Crippen LogP) is 2.70. The first-order valence-electron chi connectivity index (χ1n) is 22.7.